The summed E-state index contributed by atoms with van der Waals surface area (Å²) in [4.78, 5) is 0. The van der Waals surface area contributed by atoms with Crippen molar-refractivity contribution in [1.29, 1.82) is 10.5 Å². The van der Waals surface area contributed by atoms with Crippen LogP contribution in [0.15, 0.2) is 0 Å². The van der Waals surface area contributed by atoms with Crippen LogP contribution in [-0.2, 0) is 18.9 Å². The molecule has 24 heavy (non-hydrogen) atoms. The zero-order valence-corrected chi connectivity index (χ0v) is 14.6. The quantitative estimate of drug-likeness (QED) is 0.734. The molecule has 2 saturated carbocycles. The number of nitriles is 2. The molecule has 3 aliphatic rings. The number of rotatable bonds is 4. The van der Waals surface area contributed by atoms with Crippen molar-refractivity contribution in [2.45, 2.75) is 51.1 Å². The zero-order chi connectivity index (χ0) is 17.4. The van der Waals surface area contributed by atoms with E-state index in [-0.39, 0.29) is 30.3 Å². The van der Waals surface area contributed by atoms with Crippen molar-refractivity contribution in [3.05, 3.63) is 0 Å². The zero-order valence-electron chi connectivity index (χ0n) is 14.6. The minimum absolute atomic E-state index is 0.0860. The van der Waals surface area contributed by atoms with Crippen LogP contribution in [0.1, 0.15) is 38.5 Å². The van der Waals surface area contributed by atoms with Gasteiger partial charge in [0.2, 0.25) is 0 Å². The van der Waals surface area contributed by atoms with Gasteiger partial charge in [-0.25, -0.2) is 0 Å². The van der Waals surface area contributed by atoms with Gasteiger partial charge in [-0.05, 0) is 25.7 Å². The summed E-state index contributed by atoms with van der Waals surface area (Å²) in [6.07, 6.45) is 6.12. The molecule has 6 nitrogen and oxygen atoms in total. The van der Waals surface area contributed by atoms with Crippen LogP contribution in [0.5, 0.6) is 0 Å². The molecule has 1 heterocycles. The maximum absolute atomic E-state index is 8.84. The third-order valence-corrected chi connectivity index (χ3v) is 5.28. The molecule has 134 valence electrons. The molecular formula is C18H28N2O4. The second-order valence-electron chi connectivity index (χ2n) is 6.61. The predicted molar refractivity (Wildman–Crippen MR) is 86.4 cm³/mol. The van der Waals surface area contributed by atoms with Gasteiger partial charge in [-0.2, -0.15) is 10.5 Å². The molecule has 0 spiro atoms. The van der Waals surface area contributed by atoms with Gasteiger partial charge in [0.1, 0.15) is 0 Å². The molecule has 0 aromatic carbocycles. The second-order valence-corrected chi connectivity index (χ2v) is 6.61. The van der Waals surface area contributed by atoms with Crippen LogP contribution in [0.2, 0.25) is 0 Å². The summed E-state index contributed by atoms with van der Waals surface area (Å²) >= 11 is 0. The van der Waals surface area contributed by atoms with Gasteiger partial charge in [0.15, 0.2) is 12.6 Å². The molecule has 0 radical (unpaired) electrons. The van der Waals surface area contributed by atoms with Gasteiger partial charge in [0.05, 0.1) is 37.2 Å². The van der Waals surface area contributed by atoms with Crippen LogP contribution < -0.4 is 0 Å². The fourth-order valence-corrected chi connectivity index (χ4v) is 4.02. The molecule has 0 bridgehead atoms. The Morgan fingerprint density at radius 3 is 2.04 bits per heavy atom. The monoisotopic (exact) mass is 336 g/mol. The van der Waals surface area contributed by atoms with E-state index in [1.54, 1.807) is 14.2 Å². The summed E-state index contributed by atoms with van der Waals surface area (Å²) < 4.78 is 21.1. The lowest BCUT2D eigenvalue weighted by molar-refractivity contribution is -0.140. The molecule has 0 unspecified atom stereocenters. The van der Waals surface area contributed by atoms with Gasteiger partial charge in [0, 0.05) is 26.1 Å². The average Bonchev–Trinajstić information content (AvgIpc) is 3.36. The van der Waals surface area contributed by atoms with Crippen molar-refractivity contribution in [1.82, 2.24) is 0 Å². The minimum Gasteiger partial charge on any atom is -0.356 e. The summed E-state index contributed by atoms with van der Waals surface area (Å²) in [5.41, 5.74) is 0. The predicted octanol–water partition coefficient (Wildman–Crippen LogP) is 2.84. The normalized spacial score (nSPS) is 33.0. The smallest absolute Gasteiger partial charge is 0.161 e. The molecule has 2 aliphatic carbocycles. The minimum atomic E-state index is -0.197. The Morgan fingerprint density at radius 1 is 0.875 bits per heavy atom. The summed E-state index contributed by atoms with van der Waals surface area (Å²) in [5.74, 6) is 0.880. The Morgan fingerprint density at radius 2 is 1.46 bits per heavy atom. The van der Waals surface area contributed by atoms with Crippen LogP contribution in [0.4, 0.5) is 0 Å². The maximum Gasteiger partial charge on any atom is 0.161 e. The van der Waals surface area contributed by atoms with Crippen LogP contribution in [0.3, 0.4) is 0 Å². The first kappa shape index (κ1) is 19.1. The molecule has 3 rings (SSSR count). The fourth-order valence-electron chi connectivity index (χ4n) is 4.02. The Bertz CT molecular complexity index is 419. The lowest BCUT2D eigenvalue weighted by atomic mass is 9.97. The van der Waals surface area contributed by atoms with E-state index in [4.69, 9.17) is 29.5 Å². The number of ether oxygens (including phenoxy) is 4. The number of nitrogens with zero attached hydrogens (tertiary/aromatic N) is 2. The summed E-state index contributed by atoms with van der Waals surface area (Å²) in [6, 6.07) is 4.63. The van der Waals surface area contributed by atoms with Gasteiger partial charge >= 0.3 is 0 Å². The van der Waals surface area contributed by atoms with Crippen LogP contribution in [0.25, 0.3) is 0 Å². The SMILES string of the molecule is COC(OC)[C@@H]1CCC[C@@H]1C#N.N#C[C@H]1CCC[C@H]1C1OCCO1. The molecule has 0 aromatic heterocycles. The second kappa shape index (κ2) is 9.96. The first-order valence-electron chi connectivity index (χ1n) is 8.83. The molecule has 0 amide bonds. The van der Waals surface area contributed by atoms with E-state index >= 15 is 0 Å². The highest BCUT2D eigenvalue weighted by molar-refractivity contribution is 4.94. The summed E-state index contributed by atoms with van der Waals surface area (Å²) in [5, 5.41) is 17.7. The van der Waals surface area contributed by atoms with Crippen LogP contribution in [-0.4, -0.2) is 40.0 Å². The molecule has 0 aromatic rings. The summed E-state index contributed by atoms with van der Waals surface area (Å²) in [7, 11) is 3.25. The van der Waals surface area contributed by atoms with E-state index in [2.05, 4.69) is 12.1 Å². The van der Waals surface area contributed by atoms with Gasteiger partial charge in [-0.1, -0.05) is 12.8 Å². The fraction of sp³-hybridized carbons (Fsp3) is 0.889. The topological polar surface area (TPSA) is 84.5 Å². The molecule has 1 saturated heterocycles. The Hall–Kier alpha value is -1.18. The first-order valence-corrected chi connectivity index (χ1v) is 8.83. The highest BCUT2D eigenvalue weighted by Crippen LogP contribution is 2.36. The van der Waals surface area contributed by atoms with E-state index in [0.29, 0.717) is 19.1 Å². The van der Waals surface area contributed by atoms with Gasteiger partial charge in [0.25, 0.3) is 0 Å². The van der Waals surface area contributed by atoms with E-state index in [1.165, 1.54) is 0 Å². The van der Waals surface area contributed by atoms with E-state index in [0.717, 1.165) is 38.5 Å². The molecule has 6 heteroatoms. The summed E-state index contributed by atoms with van der Waals surface area (Å²) in [6.45, 7) is 1.39. The van der Waals surface area contributed by atoms with Crippen LogP contribution >= 0.6 is 0 Å². The Kier molecular flexibility index (Phi) is 7.94. The van der Waals surface area contributed by atoms with Crippen molar-refractivity contribution in [2.75, 3.05) is 27.4 Å². The van der Waals surface area contributed by atoms with Crippen molar-refractivity contribution in [2.24, 2.45) is 23.7 Å². The van der Waals surface area contributed by atoms with Crippen molar-refractivity contribution >= 4 is 0 Å². The molecule has 1 aliphatic heterocycles. The van der Waals surface area contributed by atoms with Crippen molar-refractivity contribution < 1.29 is 18.9 Å². The van der Waals surface area contributed by atoms with Gasteiger partial charge < -0.3 is 18.9 Å². The number of hydrogen-bond donors (Lipinski definition) is 0. The number of methoxy groups -OCH3 is 2. The lowest BCUT2D eigenvalue weighted by Crippen LogP contribution is -2.27. The van der Waals surface area contributed by atoms with Gasteiger partial charge in [-0.3, -0.25) is 0 Å². The molecule has 0 N–H and O–H groups in total. The van der Waals surface area contributed by atoms with Gasteiger partial charge in [-0.15, -0.1) is 0 Å². The third-order valence-electron chi connectivity index (χ3n) is 5.28. The Balaban J connectivity index is 0.000000174. The molecule has 3 fully saturated rings. The third kappa shape index (κ3) is 4.68. The van der Waals surface area contributed by atoms with E-state index < -0.39 is 0 Å². The van der Waals surface area contributed by atoms with Crippen molar-refractivity contribution in [3.63, 3.8) is 0 Å². The standard InChI is InChI=1S/C9H13NO2.C9H15NO2/c10-6-7-2-1-3-8(7)9-11-4-5-12-9;1-11-9(12-2)8-5-3-4-7(8)6-10/h7-9H,1-5H2;7-9H,3-5H2,1-2H3/t2*7-,8-/m11/s1. The molecular weight excluding hydrogens is 308 g/mol. The number of hydrogen-bond acceptors (Lipinski definition) is 6. The lowest BCUT2D eigenvalue weighted by Gasteiger charge is -2.22. The van der Waals surface area contributed by atoms with Crippen molar-refractivity contribution in [3.8, 4) is 12.1 Å². The highest BCUT2D eigenvalue weighted by Gasteiger charge is 2.37. The largest absolute Gasteiger partial charge is 0.356 e. The first-order chi connectivity index (χ1) is 11.7. The van der Waals surface area contributed by atoms with E-state index in [9.17, 15) is 0 Å². The maximum atomic E-state index is 8.84. The van der Waals surface area contributed by atoms with Crippen LogP contribution in [0, 0.1) is 46.3 Å². The van der Waals surface area contributed by atoms with E-state index in [1.807, 2.05) is 0 Å². The molecule has 4 atom stereocenters. The Labute approximate surface area is 144 Å². The average molecular weight is 336 g/mol. The highest BCUT2D eigenvalue weighted by atomic mass is 16.7.